The number of carbonyl (C=O) groups is 1. The molecule has 0 unspecified atom stereocenters. The number of hydrogen-bond acceptors (Lipinski definition) is 2. The third-order valence-corrected chi connectivity index (χ3v) is 3.67. The Balaban J connectivity index is 2.32. The number of aryl methyl sites for hydroxylation is 1. The Morgan fingerprint density at radius 2 is 2.24 bits per heavy atom. The molecule has 3 nitrogen and oxygen atoms in total. The summed E-state index contributed by atoms with van der Waals surface area (Å²) in [5.74, 6) is 0. The second kappa shape index (κ2) is 3.21. The van der Waals surface area contributed by atoms with Gasteiger partial charge in [0.2, 0.25) is 0 Å². The van der Waals surface area contributed by atoms with Gasteiger partial charge in [0.15, 0.2) is 0 Å². The number of fused-ring (bicyclic) bond motifs is 1. The number of nitrogens with zero attached hydrogens (tertiary/aromatic N) is 2. The maximum atomic E-state index is 11.2. The van der Waals surface area contributed by atoms with Crippen LogP contribution < -0.4 is 0 Å². The molecule has 1 aromatic carbocycles. The minimum atomic E-state index is -0.284. The Morgan fingerprint density at radius 3 is 2.82 bits per heavy atom. The molecule has 2 aromatic rings. The Bertz CT molecular complexity index is 657. The molecule has 0 radical (unpaired) electrons. The van der Waals surface area contributed by atoms with Crippen molar-refractivity contribution in [2.45, 2.75) is 18.3 Å². The average Bonchev–Trinajstić information content (AvgIpc) is 3.09. The summed E-state index contributed by atoms with van der Waals surface area (Å²) in [5.41, 5.74) is 2.51. The van der Waals surface area contributed by atoms with E-state index in [-0.39, 0.29) is 5.41 Å². The normalized spacial score (nSPS) is 16.7. The maximum Gasteiger partial charge on any atom is 0.130 e. The molecule has 0 N–H and O–H groups in total. The van der Waals surface area contributed by atoms with Gasteiger partial charge in [-0.3, -0.25) is 0 Å². The Kier molecular flexibility index (Phi) is 1.90. The fourth-order valence-corrected chi connectivity index (χ4v) is 2.44. The molecule has 0 amide bonds. The fourth-order valence-electron chi connectivity index (χ4n) is 2.44. The van der Waals surface area contributed by atoms with Gasteiger partial charge in [-0.25, -0.2) is 0 Å². The van der Waals surface area contributed by atoms with Gasteiger partial charge in [-0.2, -0.15) is 5.26 Å². The third-order valence-electron chi connectivity index (χ3n) is 3.67. The zero-order valence-corrected chi connectivity index (χ0v) is 9.60. The molecule has 0 aliphatic heterocycles. The Labute approximate surface area is 99.3 Å². The molecule has 1 aliphatic carbocycles. The lowest BCUT2D eigenvalue weighted by molar-refractivity contribution is -0.109. The number of aldehydes is 1. The largest absolute Gasteiger partial charge is 0.350 e. The number of hydrogen-bond donors (Lipinski definition) is 0. The standard InChI is InChI=1S/C14H12N2O/c1-16-8-12(14(9-17)4-5-14)11-6-10(7-15)2-3-13(11)16/h2-3,6,8-9H,4-5H2,1H3. The second-order valence-electron chi connectivity index (χ2n) is 4.77. The second-order valence-corrected chi connectivity index (χ2v) is 4.77. The van der Waals surface area contributed by atoms with Gasteiger partial charge in [0, 0.05) is 24.1 Å². The number of nitriles is 1. The van der Waals surface area contributed by atoms with Gasteiger partial charge in [0.1, 0.15) is 6.29 Å². The summed E-state index contributed by atoms with van der Waals surface area (Å²) in [5, 5.41) is 9.98. The summed E-state index contributed by atoms with van der Waals surface area (Å²) in [6.45, 7) is 0. The van der Waals surface area contributed by atoms with Gasteiger partial charge >= 0.3 is 0 Å². The molecule has 3 rings (SSSR count). The van der Waals surface area contributed by atoms with Crippen LogP contribution in [-0.2, 0) is 17.3 Å². The van der Waals surface area contributed by atoms with Crippen LogP contribution >= 0.6 is 0 Å². The van der Waals surface area contributed by atoms with E-state index in [0.717, 1.165) is 35.6 Å². The van der Waals surface area contributed by atoms with Crippen molar-refractivity contribution in [3.05, 3.63) is 35.5 Å². The Hall–Kier alpha value is -2.08. The van der Waals surface area contributed by atoms with Crippen LogP contribution in [0, 0.1) is 11.3 Å². The topological polar surface area (TPSA) is 45.8 Å². The molecule has 1 saturated carbocycles. The van der Waals surface area contributed by atoms with Gasteiger partial charge in [-0.15, -0.1) is 0 Å². The SMILES string of the molecule is Cn1cc(C2(C=O)CC2)c2cc(C#N)ccc21. The zero-order valence-electron chi connectivity index (χ0n) is 9.60. The van der Waals surface area contributed by atoms with Crippen LogP contribution in [0.15, 0.2) is 24.4 Å². The molecule has 1 aromatic heterocycles. The fraction of sp³-hybridized carbons (Fsp3) is 0.286. The zero-order chi connectivity index (χ0) is 12.0. The Morgan fingerprint density at radius 1 is 1.47 bits per heavy atom. The van der Waals surface area contributed by atoms with Crippen molar-refractivity contribution in [2.24, 2.45) is 7.05 Å². The van der Waals surface area contributed by atoms with Crippen molar-refractivity contribution >= 4 is 17.2 Å². The van der Waals surface area contributed by atoms with Crippen LogP contribution in [-0.4, -0.2) is 10.9 Å². The minimum absolute atomic E-state index is 0.284. The third kappa shape index (κ3) is 1.31. The minimum Gasteiger partial charge on any atom is -0.350 e. The quantitative estimate of drug-likeness (QED) is 0.734. The summed E-state index contributed by atoms with van der Waals surface area (Å²) in [6.07, 6.45) is 4.92. The van der Waals surface area contributed by atoms with Gasteiger partial charge in [-0.1, -0.05) is 0 Å². The molecule has 0 spiro atoms. The molecule has 84 valence electrons. The van der Waals surface area contributed by atoms with E-state index >= 15 is 0 Å². The van der Waals surface area contributed by atoms with Crippen LogP contribution in [0.5, 0.6) is 0 Å². The van der Waals surface area contributed by atoms with Crippen molar-refractivity contribution in [3.8, 4) is 6.07 Å². The van der Waals surface area contributed by atoms with Gasteiger partial charge in [0.25, 0.3) is 0 Å². The highest BCUT2D eigenvalue weighted by Crippen LogP contribution is 2.49. The molecule has 1 fully saturated rings. The highest BCUT2D eigenvalue weighted by molar-refractivity contribution is 5.91. The first-order valence-electron chi connectivity index (χ1n) is 5.66. The van der Waals surface area contributed by atoms with E-state index in [9.17, 15) is 4.79 Å². The predicted octanol–water partition coefficient (Wildman–Crippen LogP) is 2.28. The van der Waals surface area contributed by atoms with Crippen LogP contribution in [0.4, 0.5) is 0 Å². The first kappa shape index (κ1) is 10.1. The number of carbonyl (C=O) groups excluding carboxylic acids is 1. The van der Waals surface area contributed by atoms with E-state index in [1.165, 1.54) is 0 Å². The van der Waals surface area contributed by atoms with Crippen LogP contribution in [0.2, 0.25) is 0 Å². The van der Waals surface area contributed by atoms with Gasteiger partial charge in [-0.05, 0) is 36.6 Å². The van der Waals surface area contributed by atoms with E-state index in [1.54, 1.807) is 0 Å². The highest BCUT2D eigenvalue weighted by Gasteiger charge is 2.46. The van der Waals surface area contributed by atoms with Crippen molar-refractivity contribution in [2.75, 3.05) is 0 Å². The molecule has 17 heavy (non-hydrogen) atoms. The molecule has 0 saturated heterocycles. The monoisotopic (exact) mass is 224 g/mol. The predicted molar refractivity (Wildman–Crippen MR) is 64.6 cm³/mol. The summed E-state index contributed by atoms with van der Waals surface area (Å²) in [4.78, 5) is 11.2. The van der Waals surface area contributed by atoms with Crippen molar-refractivity contribution in [1.29, 1.82) is 5.26 Å². The average molecular weight is 224 g/mol. The van der Waals surface area contributed by atoms with E-state index in [0.29, 0.717) is 5.56 Å². The lowest BCUT2D eigenvalue weighted by Crippen LogP contribution is -2.06. The van der Waals surface area contributed by atoms with Crippen LogP contribution in [0.1, 0.15) is 24.0 Å². The molecule has 0 bridgehead atoms. The van der Waals surface area contributed by atoms with Crippen LogP contribution in [0.25, 0.3) is 10.9 Å². The summed E-state index contributed by atoms with van der Waals surface area (Å²) >= 11 is 0. The smallest absolute Gasteiger partial charge is 0.130 e. The summed E-state index contributed by atoms with van der Waals surface area (Å²) in [6, 6.07) is 7.79. The summed E-state index contributed by atoms with van der Waals surface area (Å²) < 4.78 is 2.02. The van der Waals surface area contributed by atoms with Crippen molar-refractivity contribution < 1.29 is 4.79 Å². The molecular weight excluding hydrogens is 212 g/mol. The number of aromatic nitrogens is 1. The van der Waals surface area contributed by atoms with Crippen molar-refractivity contribution in [3.63, 3.8) is 0 Å². The molecule has 1 aliphatic rings. The lowest BCUT2D eigenvalue weighted by Gasteiger charge is -2.04. The summed E-state index contributed by atoms with van der Waals surface area (Å²) in [7, 11) is 1.97. The van der Waals surface area contributed by atoms with E-state index in [4.69, 9.17) is 5.26 Å². The molecule has 0 atom stereocenters. The number of benzene rings is 1. The van der Waals surface area contributed by atoms with E-state index in [2.05, 4.69) is 6.07 Å². The molecule has 1 heterocycles. The molecule has 3 heteroatoms. The van der Waals surface area contributed by atoms with Crippen LogP contribution in [0.3, 0.4) is 0 Å². The maximum absolute atomic E-state index is 11.2. The van der Waals surface area contributed by atoms with Crippen molar-refractivity contribution in [1.82, 2.24) is 4.57 Å². The van der Waals surface area contributed by atoms with Gasteiger partial charge in [0.05, 0.1) is 17.0 Å². The van der Waals surface area contributed by atoms with Gasteiger partial charge < -0.3 is 9.36 Å². The highest BCUT2D eigenvalue weighted by atomic mass is 16.1. The lowest BCUT2D eigenvalue weighted by atomic mass is 9.96. The first-order valence-corrected chi connectivity index (χ1v) is 5.66. The molecular formula is C14H12N2O. The first-order chi connectivity index (χ1) is 8.20. The number of rotatable bonds is 2. The van der Waals surface area contributed by atoms with E-state index < -0.39 is 0 Å². The van der Waals surface area contributed by atoms with E-state index in [1.807, 2.05) is 36.0 Å².